The largest absolute Gasteiger partial charge is 0.481 e. The van der Waals surface area contributed by atoms with Crippen LogP contribution in [0.2, 0.25) is 0 Å². The lowest BCUT2D eigenvalue weighted by atomic mass is 9.99. The zero-order valence-electron chi connectivity index (χ0n) is 8.93. The van der Waals surface area contributed by atoms with Gasteiger partial charge >= 0.3 is 5.97 Å². The summed E-state index contributed by atoms with van der Waals surface area (Å²) in [5.41, 5.74) is 2.10. The van der Waals surface area contributed by atoms with E-state index < -0.39 is 17.8 Å². The first-order chi connectivity index (χ1) is 7.58. The first-order valence-electron chi connectivity index (χ1n) is 5.17. The van der Waals surface area contributed by atoms with Crippen LogP contribution in [0.25, 0.3) is 0 Å². The maximum Gasteiger partial charge on any atom is 0.316 e. The zero-order valence-corrected chi connectivity index (χ0v) is 8.93. The lowest BCUT2D eigenvalue weighted by molar-refractivity contribution is -0.145. The van der Waals surface area contributed by atoms with Gasteiger partial charge in [-0.1, -0.05) is 29.8 Å². The van der Waals surface area contributed by atoms with Gasteiger partial charge < -0.3 is 10.4 Å². The lowest BCUT2D eigenvalue weighted by Crippen LogP contribution is -2.25. The van der Waals surface area contributed by atoms with Crippen molar-refractivity contribution in [2.75, 3.05) is 0 Å². The van der Waals surface area contributed by atoms with Crippen molar-refractivity contribution in [2.24, 2.45) is 5.92 Å². The molecule has 1 amide bonds. The number of carbonyl (C=O) groups is 2. The third kappa shape index (κ3) is 1.91. The van der Waals surface area contributed by atoms with E-state index in [1.807, 2.05) is 31.2 Å². The highest BCUT2D eigenvalue weighted by Gasteiger charge is 2.37. The van der Waals surface area contributed by atoms with Crippen LogP contribution >= 0.6 is 0 Å². The SMILES string of the molecule is Cc1ccc(C2CC(C(=O)O)C(=O)N2)cc1. The van der Waals surface area contributed by atoms with E-state index in [2.05, 4.69) is 5.32 Å². The summed E-state index contributed by atoms with van der Waals surface area (Å²) in [5, 5.41) is 11.5. The minimum absolute atomic E-state index is 0.172. The average Bonchev–Trinajstić information content (AvgIpc) is 2.61. The number of hydrogen-bond acceptors (Lipinski definition) is 2. The van der Waals surface area contributed by atoms with Gasteiger partial charge in [-0.15, -0.1) is 0 Å². The Labute approximate surface area is 93.3 Å². The summed E-state index contributed by atoms with van der Waals surface area (Å²) in [6.07, 6.45) is 0.331. The number of aliphatic carboxylic acids is 1. The summed E-state index contributed by atoms with van der Waals surface area (Å²) < 4.78 is 0. The van der Waals surface area contributed by atoms with Crippen molar-refractivity contribution < 1.29 is 14.7 Å². The second-order valence-corrected chi connectivity index (χ2v) is 4.10. The number of benzene rings is 1. The Morgan fingerprint density at radius 1 is 1.38 bits per heavy atom. The molecule has 0 aromatic heterocycles. The molecule has 1 fully saturated rings. The third-order valence-corrected chi connectivity index (χ3v) is 2.88. The van der Waals surface area contributed by atoms with Crippen LogP contribution in [0, 0.1) is 12.8 Å². The quantitative estimate of drug-likeness (QED) is 0.736. The van der Waals surface area contributed by atoms with E-state index in [1.165, 1.54) is 0 Å². The Bertz CT molecular complexity index is 424. The van der Waals surface area contributed by atoms with Crippen LogP contribution in [0.5, 0.6) is 0 Å². The van der Waals surface area contributed by atoms with Gasteiger partial charge in [-0.2, -0.15) is 0 Å². The van der Waals surface area contributed by atoms with Crippen LogP contribution in [0.15, 0.2) is 24.3 Å². The van der Waals surface area contributed by atoms with Gasteiger partial charge in [0.2, 0.25) is 5.91 Å². The fourth-order valence-corrected chi connectivity index (χ4v) is 1.91. The summed E-state index contributed by atoms with van der Waals surface area (Å²) in [5.74, 6) is -2.35. The Balaban J connectivity index is 2.16. The topological polar surface area (TPSA) is 66.4 Å². The van der Waals surface area contributed by atoms with Crippen LogP contribution in [0.1, 0.15) is 23.6 Å². The third-order valence-electron chi connectivity index (χ3n) is 2.88. The molecule has 0 aliphatic carbocycles. The van der Waals surface area contributed by atoms with Gasteiger partial charge in [0, 0.05) is 0 Å². The van der Waals surface area contributed by atoms with E-state index in [0.29, 0.717) is 6.42 Å². The number of amides is 1. The number of carboxylic acids is 1. The Kier molecular flexibility index (Phi) is 2.64. The molecule has 2 rings (SSSR count). The molecule has 2 unspecified atom stereocenters. The highest BCUT2D eigenvalue weighted by molar-refractivity contribution is 5.98. The predicted molar refractivity (Wildman–Crippen MR) is 57.8 cm³/mol. The van der Waals surface area contributed by atoms with Crippen molar-refractivity contribution in [1.29, 1.82) is 0 Å². The molecule has 0 radical (unpaired) electrons. The van der Waals surface area contributed by atoms with Gasteiger partial charge in [-0.25, -0.2) is 0 Å². The van der Waals surface area contributed by atoms with E-state index in [-0.39, 0.29) is 6.04 Å². The minimum Gasteiger partial charge on any atom is -0.481 e. The Morgan fingerprint density at radius 3 is 2.50 bits per heavy atom. The van der Waals surface area contributed by atoms with Crippen LogP contribution in [0.4, 0.5) is 0 Å². The molecule has 1 aliphatic rings. The summed E-state index contributed by atoms with van der Waals surface area (Å²) in [7, 11) is 0. The highest BCUT2D eigenvalue weighted by atomic mass is 16.4. The normalized spacial score (nSPS) is 24.2. The standard InChI is InChI=1S/C12H13NO3/c1-7-2-4-8(5-3-7)10-6-9(12(15)16)11(14)13-10/h2-5,9-10H,6H2,1H3,(H,13,14)(H,15,16). The van der Waals surface area contributed by atoms with Crippen molar-refractivity contribution in [3.8, 4) is 0 Å². The average molecular weight is 219 g/mol. The Morgan fingerprint density at radius 2 is 2.00 bits per heavy atom. The van der Waals surface area contributed by atoms with Crippen molar-refractivity contribution in [3.63, 3.8) is 0 Å². The van der Waals surface area contributed by atoms with E-state index in [0.717, 1.165) is 11.1 Å². The molecule has 1 heterocycles. The molecule has 1 aliphatic heterocycles. The number of rotatable bonds is 2. The number of nitrogens with one attached hydrogen (secondary N) is 1. The molecule has 84 valence electrons. The smallest absolute Gasteiger partial charge is 0.316 e. The zero-order chi connectivity index (χ0) is 11.7. The molecule has 0 bridgehead atoms. The van der Waals surface area contributed by atoms with Gasteiger partial charge in [0.15, 0.2) is 0 Å². The lowest BCUT2D eigenvalue weighted by Gasteiger charge is -2.09. The van der Waals surface area contributed by atoms with Gasteiger partial charge in [-0.3, -0.25) is 9.59 Å². The summed E-state index contributed by atoms with van der Waals surface area (Å²) in [6.45, 7) is 1.98. The second-order valence-electron chi connectivity index (χ2n) is 4.10. The number of carbonyl (C=O) groups excluding carboxylic acids is 1. The van der Waals surface area contributed by atoms with Crippen molar-refractivity contribution in [2.45, 2.75) is 19.4 Å². The number of hydrogen-bond donors (Lipinski definition) is 2. The van der Waals surface area contributed by atoms with Crippen molar-refractivity contribution >= 4 is 11.9 Å². The fraction of sp³-hybridized carbons (Fsp3) is 0.333. The van der Waals surface area contributed by atoms with Crippen molar-refractivity contribution in [1.82, 2.24) is 5.32 Å². The van der Waals surface area contributed by atoms with E-state index in [4.69, 9.17) is 5.11 Å². The monoisotopic (exact) mass is 219 g/mol. The summed E-state index contributed by atoms with van der Waals surface area (Å²) >= 11 is 0. The van der Waals surface area contributed by atoms with Crippen LogP contribution in [-0.2, 0) is 9.59 Å². The van der Waals surface area contributed by atoms with E-state index in [1.54, 1.807) is 0 Å². The first-order valence-corrected chi connectivity index (χ1v) is 5.17. The number of carboxylic acid groups (broad SMARTS) is 1. The molecule has 4 nitrogen and oxygen atoms in total. The van der Waals surface area contributed by atoms with Crippen LogP contribution in [-0.4, -0.2) is 17.0 Å². The molecule has 0 spiro atoms. The molecule has 1 aromatic carbocycles. The predicted octanol–water partition coefficient (Wildman–Crippen LogP) is 1.26. The molecular weight excluding hydrogens is 206 g/mol. The highest BCUT2D eigenvalue weighted by Crippen LogP contribution is 2.28. The molecule has 2 N–H and O–H groups in total. The van der Waals surface area contributed by atoms with Gasteiger partial charge in [0.1, 0.15) is 5.92 Å². The fourth-order valence-electron chi connectivity index (χ4n) is 1.91. The van der Waals surface area contributed by atoms with Gasteiger partial charge in [0.05, 0.1) is 6.04 Å². The van der Waals surface area contributed by atoms with Crippen LogP contribution in [0.3, 0.4) is 0 Å². The van der Waals surface area contributed by atoms with Crippen molar-refractivity contribution in [3.05, 3.63) is 35.4 Å². The molecule has 4 heteroatoms. The maximum atomic E-state index is 11.4. The summed E-state index contributed by atoms with van der Waals surface area (Å²) in [6, 6.07) is 7.58. The van der Waals surface area contributed by atoms with Crippen LogP contribution < -0.4 is 5.32 Å². The molecule has 1 saturated heterocycles. The molecule has 16 heavy (non-hydrogen) atoms. The Hall–Kier alpha value is -1.84. The molecule has 2 atom stereocenters. The minimum atomic E-state index is -1.05. The maximum absolute atomic E-state index is 11.4. The second kappa shape index (κ2) is 3.96. The number of aryl methyl sites for hydroxylation is 1. The van der Waals surface area contributed by atoms with E-state index >= 15 is 0 Å². The molecular formula is C12H13NO3. The molecule has 1 aromatic rings. The first kappa shape index (κ1) is 10.7. The van der Waals surface area contributed by atoms with Gasteiger partial charge in [-0.05, 0) is 18.9 Å². The van der Waals surface area contributed by atoms with E-state index in [9.17, 15) is 9.59 Å². The summed E-state index contributed by atoms with van der Waals surface area (Å²) in [4.78, 5) is 22.2. The molecule has 0 saturated carbocycles. The van der Waals surface area contributed by atoms with Gasteiger partial charge in [0.25, 0.3) is 0 Å².